The zero-order valence-corrected chi connectivity index (χ0v) is 14.5. The molecule has 2 heterocycles. The van der Waals surface area contributed by atoms with E-state index in [0.717, 1.165) is 15.6 Å². The molecule has 0 aliphatic rings. The van der Waals surface area contributed by atoms with Crippen molar-refractivity contribution in [1.82, 2.24) is 14.6 Å². The van der Waals surface area contributed by atoms with Gasteiger partial charge in [-0.15, -0.1) is 5.10 Å². The quantitative estimate of drug-likeness (QED) is 0.517. The Kier molecular flexibility index (Phi) is 3.74. The first-order valence-corrected chi connectivity index (χ1v) is 8.64. The summed E-state index contributed by atoms with van der Waals surface area (Å²) in [7, 11) is 0. The maximum absolute atomic E-state index is 13.0. The van der Waals surface area contributed by atoms with Gasteiger partial charge in [0.1, 0.15) is 5.82 Å². The first-order valence-electron chi connectivity index (χ1n) is 7.03. The summed E-state index contributed by atoms with van der Waals surface area (Å²) < 4.78 is 15.6. The van der Waals surface area contributed by atoms with Gasteiger partial charge in [0.2, 0.25) is 4.96 Å². The molecule has 2 aromatic heterocycles. The molecule has 0 N–H and O–H groups in total. The van der Waals surface area contributed by atoms with Crippen LogP contribution in [0.15, 0.2) is 57.8 Å². The average molecular weight is 402 g/mol. The molecule has 0 radical (unpaired) electrons. The molecule has 4 nitrogen and oxygen atoms in total. The Morgan fingerprint density at radius 2 is 1.88 bits per heavy atom. The van der Waals surface area contributed by atoms with Gasteiger partial charge in [-0.1, -0.05) is 51.5 Å². The van der Waals surface area contributed by atoms with Gasteiger partial charge in [0.15, 0.2) is 5.82 Å². The second-order valence-corrected chi connectivity index (χ2v) is 6.94. The lowest BCUT2D eigenvalue weighted by Gasteiger charge is -1.97. The minimum atomic E-state index is -0.310. The number of aromatic nitrogens is 3. The van der Waals surface area contributed by atoms with Gasteiger partial charge in [0.05, 0.1) is 4.53 Å². The van der Waals surface area contributed by atoms with Crippen LogP contribution >= 0.6 is 27.3 Å². The van der Waals surface area contributed by atoms with Crippen LogP contribution in [0.5, 0.6) is 0 Å². The van der Waals surface area contributed by atoms with Crippen molar-refractivity contribution in [2.24, 2.45) is 0 Å². The summed E-state index contributed by atoms with van der Waals surface area (Å²) in [5, 5.41) is 4.31. The number of hydrogen-bond acceptors (Lipinski definition) is 4. The number of thiazole rings is 1. The van der Waals surface area contributed by atoms with Crippen LogP contribution in [-0.2, 0) is 0 Å². The van der Waals surface area contributed by atoms with Gasteiger partial charge in [-0.3, -0.25) is 4.79 Å². The summed E-state index contributed by atoms with van der Waals surface area (Å²) in [6.07, 6.45) is 1.71. The summed E-state index contributed by atoms with van der Waals surface area (Å²) in [5.74, 6) is 0.189. The van der Waals surface area contributed by atoms with Gasteiger partial charge in [-0.2, -0.15) is 9.50 Å². The highest BCUT2D eigenvalue weighted by Crippen LogP contribution is 2.25. The molecule has 0 spiro atoms. The van der Waals surface area contributed by atoms with Gasteiger partial charge in [-0.05, 0) is 35.9 Å². The molecule has 0 unspecified atom stereocenters. The standard InChI is InChI=1S/C17H9BrFN3OS/c18-13-4-2-1-3-12(13)15-20-17-22(21-15)16(23)14(24-17)9-10-5-7-11(19)8-6-10/h1-9H/b14-9+. The predicted octanol–water partition coefficient (Wildman–Crippen LogP) is 3.27. The molecule has 0 saturated heterocycles. The molecule has 0 saturated carbocycles. The summed E-state index contributed by atoms with van der Waals surface area (Å²) in [5.41, 5.74) is 1.35. The van der Waals surface area contributed by atoms with Gasteiger partial charge in [-0.25, -0.2) is 4.39 Å². The SMILES string of the molecule is O=c1/c(=C\c2ccc(F)cc2)sc2nc(-c3ccccc3Br)nn12. The van der Waals surface area contributed by atoms with Crippen LogP contribution in [0, 0.1) is 5.82 Å². The maximum Gasteiger partial charge on any atom is 0.291 e. The Labute approximate surface area is 148 Å². The molecule has 7 heteroatoms. The molecule has 0 fully saturated rings. The highest BCUT2D eigenvalue weighted by Gasteiger charge is 2.13. The third-order valence-corrected chi connectivity index (χ3v) is 5.12. The Hall–Kier alpha value is -2.38. The molecule has 4 aromatic rings. The van der Waals surface area contributed by atoms with Crippen molar-refractivity contribution in [3.8, 4) is 11.4 Å². The van der Waals surface area contributed by atoms with E-state index < -0.39 is 0 Å². The number of fused-ring (bicyclic) bond motifs is 1. The molecule has 0 amide bonds. The molecule has 0 atom stereocenters. The van der Waals surface area contributed by atoms with Crippen LogP contribution in [0.4, 0.5) is 4.39 Å². The normalized spacial score (nSPS) is 12.2. The van der Waals surface area contributed by atoms with Crippen molar-refractivity contribution in [2.75, 3.05) is 0 Å². The van der Waals surface area contributed by atoms with Crippen molar-refractivity contribution in [3.05, 3.63) is 79.3 Å². The molecular formula is C17H9BrFN3OS. The van der Waals surface area contributed by atoms with Crippen LogP contribution in [0.25, 0.3) is 22.4 Å². The monoisotopic (exact) mass is 401 g/mol. The fourth-order valence-corrected chi connectivity index (χ4v) is 3.67. The Bertz CT molecular complexity index is 1150. The van der Waals surface area contributed by atoms with Crippen molar-refractivity contribution < 1.29 is 4.39 Å². The number of nitrogens with zero attached hydrogens (tertiary/aromatic N) is 3. The average Bonchev–Trinajstić information content (AvgIpc) is 3.10. The largest absolute Gasteiger partial charge is 0.291 e. The fourth-order valence-electron chi connectivity index (χ4n) is 2.30. The molecule has 0 aliphatic heterocycles. The first kappa shape index (κ1) is 15.2. The smallest absolute Gasteiger partial charge is 0.266 e. The number of hydrogen-bond donors (Lipinski definition) is 0. The first-order chi connectivity index (χ1) is 11.6. The Balaban J connectivity index is 1.83. The van der Waals surface area contributed by atoms with Crippen LogP contribution in [0.3, 0.4) is 0 Å². The number of benzene rings is 2. The summed E-state index contributed by atoms with van der Waals surface area (Å²) in [6, 6.07) is 13.5. The van der Waals surface area contributed by atoms with Gasteiger partial charge < -0.3 is 0 Å². The molecule has 0 aliphatic carbocycles. The molecule has 24 heavy (non-hydrogen) atoms. The van der Waals surface area contributed by atoms with E-state index in [1.807, 2.05) is 24.3 Å². The van der Waals surface area contributed by atoms with Crippen LogP contribution in [-0.4, -0.2) is 14.6 Å². The summed E-state index contributed by atoms with van der Waals surface area (Å²) in [4.78, 5) is 17.5. The highest BCUT2D eigenvalue weighted by atomic mass is 79.9. The fraction of sp³-hybridized carbons (Fsp3) is 0. The van der Waals surface area contributed by atoms with E-state index in [-0.39, 0.29) is 11.4 Å². The minimum absolute atomic E-state index is 0.231. The van der Waals surface area contributed by atoms with E-state index in [4.69, 9.17) is 0 Å². The van der Waals surface area contributed by atoms with Gasteiger partial charge >= 0.3 is 0 Å². The van der Waals surface area contributed by atoms with E-state index in [2.05, 4.69) is 26.0 Å². The lowest BCUT2D eigenvalue weighted by molar-refractivity contribution is 0.628. The van der Waals surface area contributed by atoms with Crippen molar-refractivity contribution >= 4 is 38.3 Å². The van der Waals surface area contributed by atoms with E-state index in [1.165, 1.54) is 28.0 Å². The summed E-state index contributed by atoms with van der Waals surface area (Å²) in [6.45, 7) is 0. The van der Waals surface area contributed by atoms with Gasteiger partial charge in [0.25, 0.3) is 5.56 Å². The molecule has 4 rings (SSSR count). The van der Waals surface area contributed by atoms with Crippen LogP contribution < -0.4 is 10.1 Å². The zero-order valence-electron chi connectivity index (χ0n) is 12.1. The number of halogens is 2. The van der Waals surface area contributed by atoms with Crippen LogP contribution in [0.1, 0.15) is 5.56 Å². The minimum Gasteiger partial charge on any atom is -0.266 e. The second-order valence-electron chi connectivity index (χ2n) is 5.08. The van der Waals surface area contributed by atoms with Crippen molar-refractivity contribution in [1.29, 1.82) is 0 Å². The highest BCUT2D eigenvalue weighted by molar-refractivity contribution is 9.10. The molecule has 2 aromatic carbocycles. The Morgan fingerprint density at radius 1 is 1.12 bits per heavy atom. The topological polar surface area (TPSA) is 47.3 Å². The van der Waals surface area contributed by atoms with E-state index in [1.54, 1.807) is 18.2 Å². The summed E-state index contributed by atoms with van der Waals surface area (Å²) >= 11 is 4.72. The van der Waals surface area contributed by atoms with Crippen molar-refractivity contribution in [2.45, 2.75) is 0 Å². The lowest BCUT2D eigenvalue weighted by atomic mass is 10.2. The zero-order chi connectivity index (χ0) is 16.7. The molecule has 0 bridgehead atoms. The van der Waals surface area contributed by atoms with Crippen molar-refractivity contribution in [3.63, 3.8) is 0 Å². The van der Waals surface area contributed by atoms with E-state index >= 15 is 0 Å². The number of rotatable bonds is 2. The Morgan fingerprint density at radius 3 is 2.58 bits per heavy atom. The van der Waals surface area contributed by atoms with Gasteiger partial charge in [0, 0.05) is 10.0 Å². The molecular weight excluding hydrogens is 393 g/mol. The maximum atomic E-state index is 13.0. The lowest BCUT2D eigenvalue weighted by Crippen LogP contribution is -2.23. The van der Waals surface area contributed by atoms with E-state index in [0.29, 0.717) is 15.3 Å². The second kappa shape index (κ2) is 5.92. The molecule has 118 valence electrons. The van der Waals surface area contributed by atoms with Crippen LogP contribution in [0.2, 0.25) is 0 Å². The predicted molar refractivity (Wildman–Crippen MR) is 95.5 cm³/mol. The van der Waals surface area contributed by atoms with E-state index in [9.17, 15) is 9.18 Å². The third-order valence-electron chi connectivity index (χ3n) is 3.46. The third kappa shape index (κ3) is 2.65.